The van der Waals surface area contributed by atoms with Crippen molar-refractivity contribution in [3.63, 3.8) is 0 Å². The highest BCUT2D eigenvalue weighted by molar-refractivity contribution is 9.11. The molecule has 334 valence electrons. The predicted octanol–water partition coefficient (Wildman–Crippen LogP) is 11.2. The number of anilines is 5. The fraction of sp³-hybridized carbons (Fsp3) is 0.286. The van der Waals surface area contributed by atoms with Crippen molar-refractivity contribution in [2.24, 2.45) is 0 Å². The topological polar surface area (TPSA) is 176 Å². The highest BCUT2D eigenvalue weighted by Crippen LogP contribution is 2.41. The molecule has 20 heteroatoms. The number of nitrogens with one attached hydrogen (secondary N) is 1. The lowest BCUT2D eigenvalue weighted by Crippen LogP contribution is -2.12. The number of halogens is 5. The molecule has 62 heavy (non-hydrogen) atoms. The van der Waals surface area contributed by atoms with Crippen molar-refractivity contribution >= 4 is 120 Å². The summed E-state index contributed by atoms with van der Waals surface area (Å²) in [5.74, 6) is 2.25. The van der Waals surface area contributed by atoms with Gasteiger partial charge in [0.1, 0.15) is 36.9 Å². The quantitative estimate of drug-likeness (QED) is 0.0512. The Balaban J connectivity index is 0.000000337. The Morgan fingerprint density at radius 3 is 1.63 bits per heavy atom. The van der Waals surface area contributed by atoms with Gasteiger partial charge in [-0.1, -0.05) is 49.2 Å². The van der Waals surface area contributed by atoms with Gasteiger partial charge in [0, 0.05) is 76.0 Å². The van der Waals surface area contributed by atoms with Crippen molar-refractivity contribution in [3.05, 3.63) is 110 Å². The van der Waals surface area contributed by atoms with Gasteiger partial charge in [0.15, 0.2) is 0 Å². The van der Waals surface area contributed by atoms with E-state index in [9.17, 15) is 9.13 Å². The molecule has 0 aliphatic carbocycles. The molecule has 0 saturated carbocycles. The molecule has 0 radical (unpaired) electrons. The maximum Gasteiger partial charge on any atom is 0.224 e. The normalized spacial score (nSPS) is 10.9. The van der Waals surface area contributed by atoms with Crippen molar-refractivity contribution in [1.29, 1.82) is 0 Å². The van der Waals surface area contributed by atoms with E-state index in [2.05, 4.69) is 74.0 Å². The van der Waals surface area contributed by atoms with Gasteiger partial charge in [-0.2, -0.15) is 4.98 Å². The summed E-state index contributed by atoms with van der Waals surface area (Å²) in [7, 11) is 2.81. The van der Waals surface area contributed by atoms with Crippen molar-refractivity contribution in [2.45, 2.75) is 19.8 Å². The monoisotopic (exact) mass is 1070 g/mol. The molecule has 4 heterocycles. The van der Waals surface area contributed by atoms with E-state index in [-0.39, 0.29) is 12.0 Å². The van der Waals surface area contributed by atoms with Crippen LogP contribution in [-0.2, 0) is 9.13 Å². The highest BCUT2D eigenvalue weighted by atomic mass is 79.9. The van der Waals surface area contributed by atoms with Gasteiger partial charge in [-0.05, 0) is 137 Å². The lowest BCUT2D eigenvalue weighted by molar-refractivity contribution is 0.287. The summed E-state index contributed by atoms with van der Waals surface area (Å²) in [4.78, 5) is 28.6. The van der Waals surface area contributed by atoms with Gasteiger partial charge >= 0.3 is 0 Å². The van der Waals surface area contributed by atoms with Gasteiger partial charge in [0.2, 0.25) is 10.6 Å². The van der Waals surface area contributed by atoms with E-state index in [1.807, 2.05) is 105 Å². The minimum Gasteiger partial charge on any atom is -0.398 e. The maximum atomic E-state index is 13.0. The van der Waals surface area contributed by atoms with E-state index < -0.39 is 14.3 Å². The van der Waals surface area contributed by atoms with Crippen LogP contribution >= 0.6 is 80.9 Å². The maximum absolute atomic E-state index is 13.0. The summed E-state index contributed by atoms with van der Waals surface area (Å²) in [6.07, 6.45) is 5.11. The number of nitrogens with two attached hydrogens (primary N) is 1. The number of hydrogen-bond donors (Lipinski definition) is 3. The number of hydrogen-bond acceptors (Lipinski definition) is 13. The molecule has 0 aliphatic heterocycles. The molecule has 0 saturated heterocycles. The first-order valence-electron chi connectivity index (χ1n) is 18.9. The van der Waals surface area contributed by atoms with Gasteiger partial charge in [-0.15, -0.1) is 0 Å². The SMILES string of the molecule is CCCCO.CN(C)c1cccc(-c2ccc(N)c(P(C)(C)=O)c2)n1.CN(C)c1cccc(-c2ccc(Nc3nc(Cl)ncc3Br)c(P(C)(C)=O)c2)n1.Clc1ncc(Br)c(Cl)n1.[HH]. The molecule has 0 unspecified atom stereocenters. The molecule has 6 rings (SSSR count). The lowest BCUT2D eigenvalue weighted by Gasteiger charge is -2.18. The molecule has 0 spiro atoms. The molecule has 13 nitrogen and oxygen atoms in total. The first kappa shape index (κ1) is 52.7. The lowest BCUT2D eigenvalue weighted by atomic mass is 10.1. The molecule has 4 aromatic heterocycles. The van der Waals surface area contributed by atoms with Crippen LogP contribution in [0.25, 0.3) is 22.5 Å². The van der Waals surface area contributed by atoms with E-state index in [1.165, 1.54) is 6.20 Å². The number of nitrogens with zero attached hydrogens (tertiary/aromatic N) is 8. The van der Waals surface area contributed by atoms with Gasteiger partial charge in [0.25, 0.3) is 0 Å². The molecule has 0 atom stereocenters. The van der Waals surface area contributed by atoms with Gasteiger partial charge in [-0.25, -0.2) is 24.9 Å². The largest absolute Gasteiger partial charge is 0.398 e. The molecule has 0 bridgehead atoms. The number of aliphatic hydroxyl groups is 1. The minimum atomic E-state index is -2.59. The number of benzene rings is 2. The average Bonchev–Trinajstić information content (AvgIpc) is 3.21. The van der Waals surface area contributed by atoms with Crippen molar-refractivity contribution < 1.29 is 15.7 Å². The Bertz CT molecular complexity index is 2530. The second kappa shape index (κ2) is 24.4. The third kappa shape index (κ3) is 16.5. The van der Waals surface area contributed by atoms with Crippen LogP contribution in [0.4, 0.5) is 28.8 Å². The van der Waals surface area contributed by atoms with E-state index in [1.54, 1.807) is 38.9 Å². The van der Waals surface area contributed by atoms with Crippen LogP contribution in [0.1, 0.15) is 21.2 Å². The Morgan fingerprint density at radius 1 is 0.710 bits per heavy atom. The van der Waals surface area contributed by atoms with Crippen molar-refractivity contribution in [3.8, 4) is 22.5 Å². The zero-order chi connectivity index (χ0) is 46.4. The third-order valence-electron chi connectivity index (χ3n) is 8.32. The van der Waals surface area contributed by atoms with E-state index in [0.29, 0.717) is 48.5 Å². The molecule has 6 aromatic rings. The number of nitrogen functional groups attached to an aromatic ring is 1. The van der Waals surface area contributed by atoms with Crippen molar-refractivity contribution in [2.75, 3.05) is 82.3 Å². The van der Waals surface area contributed by atoms with E-state index in [4.69, 9.17) is 45.6 Å². The summed E-state index contributed by atoms with van der Waals surface area (Å²) in [5.41, 5.74) is 10.7. The number of aliphatic hydroxyl groups excluding tert-OH is 1. The average molecular weight is 1070 g/mol. The van der Waals surface area contributed by atoms with Crippen LogP contribution in [0.15, 0.2) is 94.1 Å². The molecule has 0 amide bonds. The summed E-state index contributed by atoms with van der Waals surface area (Å²) < 4.78 is 26.6. The first-order valence-corrected chi connectivity index (χ1v) is 26.8. The summed E-state index contributed by atoms with van der Waals surface area (Å²) in [5, 5.41) is 13.3. The Labute approximate surface area is 397 Å². The highest BCUT2D eigenvalue weighted by Gasteiger charge is 2.20. The van der Waals surface area contributed by atoms with E-state index in [0.717, 1.165) is 47.0 Å². The Kier molecular flexibility index (Phi) is 20.8. The number of unbranched alkanes of at least 4 members (excludes halogenated alkanes) is 1. The zero-order valence-electron chi connectivity index (χ0n) is 35.9. The van der Waals surface area contributed by atoms with Crippen molar-refractivity contribution in [1.82, 2.24) is 29.9 Å². The molecule has 0 fully saturated rings. The smallest absolute Gasteiger partial charge is 0.224 e. The van der Waals surface area contributed by atoms with Crippen LogP contribution in [0.5, 0.6) is 0 Å². The number of rotatable bonds is 10. The van der Waals surface area contributed by atoms with Crippen LogP contribution < -0.4 is 31.5 Å². The number of aromatic nitrogens is 6. The molecular weight excluding hydrogens is 1020 g/mol. The van der Waals surface area contributed by atoms with Crippen LogP contribution in [0, 0.1) is 0 Å². The summed E-state index contributed by atoms with van der Waals surface area (Å²) in [6.45, 7) is 9.33. The van der Waals surface area contributed by atoms with Crippen LogP contribution in [0.3, 0.4) is 0 Å². The fourth-order valence-corrected chi connectivity index (χ4v) is 8.35. The van der Waals surface area contributed by atoms with Gasteiger partial charge in [-0.3, -0.25) is 0 Å². The second-order valence-electron chi connectivity index (χ2n) is 14.6. The first-order chi connectivity index (χ1) is 29.0. The summed E-state index contributed by atoms with van der Waals surface area (Å²) >= 11 is 23.3. The molecule has 4 N–H and O–H groups in total. The molecular formula is C42H53Br2Cl3N10O3P2. The minimum absolute atomic E-state index is 0. The van der Waals surface area contributed by atoms with Crippen LogP contribution in [0.2, 0.25) is 15.7 Å². The van der Waals surface area contributed by atoms with Gasteiger partial charge in [0.05, 0.1) is 26.0 Å². The van der Waals surface area contributed by atoms with Crippen LogP contribution in [-0.4, -0.2) is 96.5 Å². The van der Waals surface area contributed by atoms with E-state index >= 15 is 0 Å². The Morgan fingerprint density at radius 2 is 1.19 bits per heavy atom. The zero-order valence-corrected chi connectivity index (χ0v) is 43.1. The fourth-order valence-electron chi connectivity index (χ4n) is 5.12. The second-order valence-corrected chi connectivity index (χ2v) is 23.7. The molecule has 2 aromatic carbocycles. The third-order valence-corrected chi connectivity index (χ3v) is 13.4. The predicted molar refractivity (Wildman–Crippen MR) is 272 cm³/mol. The van der Waals surface area contributed by atoms with Gasteiger partial charge < -0.3 is 35.1 Å². The molecule has 0 aliphatic rings. The summed E-state index contributed by atoms with van der Waals surface area (Å²) in [6, 6.07) is 23.1. The number of pyridine rings is 2. The standard InChI is InChI=1S/C19H20BrClN5OP.C15H20N3OP.C4HBrCl2N2.C4H10O.H2/c1-26(2)17-7-5-6-14(23-17)12-8-9-15(16(10-12)28(3,4)27)24-18-13(20)11-22-19(21)25-18;1-18(2)15-7-5-6-13(17-15)11-8-9-12(16)14(10-11)20(3,4)19;5-2-1-8-4(7)9-3(2)6;1-2-3-4-5;/h5-11H,1-4H3,(H,22,24,25);5-10H,16H2,1-4H3;1H;5H,2-4H2,1H3;1H. The Hall–Kier alpha value is -3.65.